The molecule has 0 aliphatic heterocycles. The second-order valence-electron chi connectivity index (χ2n) is 2.76. The number of rotatable bonds is 1. The van der Waals surface area contributed by atoms with Crippen molar-refractivity contribution in [2.45, 2.75) is 4.90 Å². The van der Waals surface area contributed by atoms with Gasteiger partial charge in [0.15, 0.2) is 0 Å². The molecule has 6 heteroatoms. The normalized spacial score (nSPS) is 11.0. The van der Waals surface area contributed by atoms with Crippen LogP contribution in [0.1, 0.15) is 0 Å². The lowest BCUT2D eigenvalue weighted by molar-refractivity contribution is 0.610. The van der Waals surface area contributed by atoms with Crippen LogP contribution in [-0.4, -0.2) is 13.4 Å². The molecule has 1 heterocycles. The van der Waals surface area contributed by atoms with Crippen LogP contribution in [0.2, 0.25) is 0 Å². The van der Waals surface area contributed by atoms with E-state index in [0.717, 1.165) is 0 Å². The summed E-state index contributed by atoms with van der Waals surface area (Å²) in [6.45, 7) is 0. The van der Waals surface area contributed by atoms with Crippen LogP contribution < -0.4 is 0 Å². The van der Waals surface area contributed by atoms with Gasteiger partial charge in [-0.15, -0.1) is 12.4 Å². The van der Waals surface area contributed by atoms with Gasteiger partial charge in [0.1, 0.15) is 0 Å². The molecule has 0 bridgehead atoms. The van der Waals surface area contributed by atoms with Crippen molar-refractivity contribution in [1.29, 1.82) is 0 Å². The third kappa shape index (κ3) is 2.40. The Morgan fingerprint density at radius 3 is 2.53 bits per heavy atom. The van der Waals surface area contributed by atoms with Gasteiger partial charge in [0, 0.05) is 22.3 Å². The van der Waals surface area contributed by atoms with Gasteiger partial charge in [0.2, 0.25) is 0 Å². The van der Waals surface area contributed by atoms with Crippen molar-refractivity contribution in [3.63, 3.8) is 0 Å². The molecule has 0 fully saturated rings. The first-order valence-electron chi connectivity index (χ1n) is 3.87. The predicted octanol–water partition coefficient (Wildman–Crippen LogP) is 2.58. The molecule has 0 spiro atoms. The Morgan fingerprint density at radius 2 is 1.87 bits per heavy atom. The van der Waals surface area contributed by atoms with Crippen LogP contribution in [0.4, 0.5) is 0 Å². The molecule has 0 N–H and O–H groups in total. The average molecular weight is 264 g/mol. The van der Waals surface area contributed by atoms with E-state index in [1.165, 1.54) is 6.07 Å². The van der Waals surface area contributed by atoms with Gasteiger partial charge in [-0.3, -0.25) is 4.98 Å². The maximum Gasteiger partial charge on any atom is 0.261 e. The maximum atomic E-state index is 11.2. The molecule has 0 saturated carbocycles. The summed E-state index contributed by atoms with van der Waals surface area (Å²) >= 11 is 0. The lowest BCUT2D eigenvalue weighted by Crippen LogP contribution is -1.92. The highest BCUT2D eigenvalue weighted by Crippen LogP contribution is 2.23. The number of pyridine rings is 1. The molecule has 0 unspecified atom stereocenters. The molecule has 2 aromatic rings. The van der Waals surface area contributed by atoms with Crippen molar-refractivity contribution in [1.82, 2.24) is 4.98 Å². The highest BCUT2D eigenvalue weighted by atomic mass is 35.7. The molecule has 15 heavy (non-hydrogen) atoms. The summed E-state index contributed by atoms with van der Waals surface area (Å²) in [7, 11) is 1.58. The van der Waals surface area contributed by atoms with Crippen LogP contribution in [-0.2, 0) is 9.05 Å². The average Bonchev–Trinajstić information content (AvgIpc) is 2.15. The fourth-order valence-electron chi connectivity index (χ4n) is 1.29. The van der Waals surface area contributed by atoms with Gasteiger partial charge in [-0.25, -0.2) is 8.42 Å². The van der Waals surface area contributed by atoms with E-state index in [0.29, 0.717) is 10.9 Å². The van der Waals surface area contributed by atoms with E-state index in [4.69, 9.17) is 10.7 Å². The lowest BCUT2D eigenvalue weighted by atomic mass is 10.2. The van der Waals surface area contributed by atoms with E-state index in [-0.39, 0.29) is 17.3 Å². The number of hydrogen-bond donors (Lipinski definition) is 0. The Morgan fingerprint density at radius 1 is 1.13 bits per heavy atom. The van der Waals surface area contributed by atoms with Gasteiger partial charge in [0.25, 0.3) is 9.05 Å². The summed E-state index contributed by atoms with van der Waals surface area (Å²) in [4.78, 5) is 4.13. The van der Waals surface area contributed by atoms with E-state index in [9.17, 15) is 8.42 Å². The fraction of sp³-hybridized carbons (Fsp3) is 0. The number of benzene rings is 1. The smallest absolute Gasteiger partial charge is 0.256 e. The molecular formula is C9H7Cl2NO2S. The topological polar surface area (TPSA) is 47.0 Å². The van der Waals surface area contributed by atoms with Crippen molar-refractivity contribution >= 4 is 43.0 Å². The molecule has 3 nitrogen and oxygen atoms in total. The summed E-state index contributed by atoms with van der Waals surface area (Å²) in [5.41, 5.74) is 0.620. The molecule has 0 atom stereocenters. The van der Waals surface area contributed by atoms with Crippen LogP contribution in [0, 0.1) is 0 Å². The van der Waals surface area contributed by atoms with Gasteiger partial charge in [0.05, 0.1) is 10.4 Å². The molecular weight excluding hydrogens is 257 g/mol. The molecule has 1 aromatic heterocycles. The second-order valence-corrected chi connectivity index (χ2v) is 5.30. The minimum Gasteiger partial charge on any atom is -0.256 e. The van der Waals surface area contributed by atoms with Crippen LogP contribution in [0.15, 0.2) is 41.4 Å². The van der Waals surface area contributed by atoms with Gasteiger partial charge < -0.3 is 0 Å². The van der Waals surface area contributed by atoms with E-state index in [2.05, 4.69) is 4.98 Å². The first-order valence-corrected chi connectivity index (χ1v) is 6.18. The highest BCUT2D eigenvalue weighted by molar-refractivity contribution is 8.14. The first kappa shape index (κ1) is 12.2. The zero-order valence-corrected chi connectivity index (χ0v) is 9.81. The molecule has 0 amide bonds. The van der Waals surface area contributed by atoms with Gasteiger partial charge in [-0.1, -0.05) is 6.07 Å². The molecule has 1 aromatic carbocycles. The number of aromatic nitrogens is 1. The second kappa shape index (κ2) is 4.35. The minimum atomic E-state index is -3.70. The third-order valence-corrected chi connectivity index (χ3v) is 3.25. The monoisotopic (exact) mass is 263 g/mol. The Bertz CT molecular complexity index is 578. The molecule has 0 saturated heterocycles. The van der Waals surface area contributed by atoms with Crippen LogP contribution >= 0.6 is 23.1 Å². The summed E-state index contributed by atoms with van der Waals surface area (Å²) in [5, 5.41) is 0.546. The number of halogens is 2. The Kier molecular flexibility index (Phi) is 3.54. The first-order chi connectivity index (χ1) is 6.59. The van der Waals surface area contributed by atoms with Crippen LogP contribution in [0.25, 0.3) is 10.9 Å². The maximum absolute atomic E-state index is 11.2. The van der Waals surface area contributed by atoms with Crippen molar-refractivity contribution < 1.29 is 8.42 Å². The Balaban J connectivity index is 0.00000112. The van der Waals surface area contributed by atoms with Crippen molar-refractivity contribution in [3.8, 4) is 0 Å². The standard InChI is InChI=1S/C9H6ClNO2S.ClH/c10-14(12,13)9-5-1-4-8-7(9)3-2-6-11-8;/h1-6H;1H. The summed E-state index contributed by atoms with van der Waals surface area (Å²) in [6, 6.07) is 8.17. The van der Waals surface area contributed by atoms with E-state index < -0.39 is 9.05 Å². The van der Waals surface area contributed by atoms with Crippen molar-refractivity contribution in [2.24, 2.45) is 0 Å². The van der Waals surface area contributed by atoms with Crippen LogP contribution in [0.3, 0.4) is 0 Å². The lowest BCUT2D eigenvalue weighted by Gasteiger charge is -2.00. The fourth-order valence-corrected chi connectivity index (χ4v) is 2.37. The Hall–Kier alpha value is -0.840. The zero-order valence-electron chi connectivity index (χ0n) is 7.42. The predicted molar refractivity (Wildman–Crippen MR) is 62.0 cm³/mol. The number of hydrogen-bond acceptors (Lipinski definition) is 3. The summed E-state index contributed by atoms with van der Waals surface area (Å²) < 4.78 is 22.4. The SMILES string of the molecule is Cl.O=S(=O)(Cl)c1cccc2ncccc12. The number of fused-ring (bicyclic) bond motifs is 1. The number of nitrogens with zero attached hydrogens (tertiary/aromatic N) is 1. The Labute approximate surface area is 97.9 Å². The van der Waals surface area contributed by atoms with Crippen molar-refractivity contribution in [3.05, 3.63) is 36.5 Å². The highest BCUT2D eigenvalue weighted by Gasteiger charge is 2.13. The van der Waals surface area contributed by atoms with E-state index >= 15 is 0 Å². The van der Waals surface area contributed by atoms with Gasteiger partial charge in [-0.2, -0.15) is 0 Å². The summed E-state index contributed by atoms with van der Waals surface area (Å²) in [5.74, 6) is 0. The van der Waals surface area contributed by atoms with Gasteiger partial charge in [-0.05, 0) is 24.3 Å². The van der Waals surface area contributed by atoms with E-state index in [1.54, 1.807) is 30.5 Å². The molecule has 0 radical (unpaired) electrons. The molecule has 0 aliphatic rings. The molecule has 80 valence electrons. The van der Waals surface area contributed by atoms with E-state index in [1.807, 2.05) is 0 Å². The van der Waals surface area contributed by atoms with Crippen molar-refractivity contribution in [2.75, 3.05) is 0 Å². The largest absolute Gasteiger partial charge is 0.261 e. The molecule has 2 rings (SSSR count). The minimum absolute atomic E-state index is 0. The third-order valence-electron chi connectivity index (χ3n) is 1.87. The van der Waals surface area contributed by atoms with Gasteiger partial charge >= 0.3 is 0 Å². The quantitative estimate of drug-likeness (QED) is 0.744. The van der Waals surface area contributed by atoms with Crippen LogP contribution in [0.5, 0.6) is 0 Å². The summed E-state index contributed by atoms with van der Waals surface area (Å²) in [6.07, 6.45) is 1.60. The zero-order chi connectivity index (χ0) is 10.2. The molecule has 0 aliphatic carbocycles.